The lowest BCUT2D eigenvalue weighted by atomic mass is 10.3. The minimum Gasteiger partial charge on any atom is -0.337 e. The Bertz CT molecular complexity index is 994. The lowest BCUT2D eigenvalue weighted by Gasteiger charge is -1.97. The predicted molar refractivity (Wildman–Crippen MR) is 92.2 cm³/mol. The normalized spacial score (nSPS) is 11.3. The molecule has 114 valence electrons. The van der Waals surface area contributed by atoms with Gasteiger partial charge in [-0.2, -0.15) is 0 Å². The third kappa shape index (κ3) is 2.04. The van der Waals surface area contributed by atoms with Gasteiger partial charge in [-0.3, -0.25) is 0 Å². The minimum atomic E-state index is 0.700. The van der Waals surface area contributed by atoms with Crippen molar-refractivity contribution in [3.05, 3.63) is 60.9 Å². The van der Waals surface area contributed by atoms with E-state index in [1.54, 1.807) is 12.4 Å². The molecule has 0 fully saturated rings. The van der Waals surface area contributed by atoms with Crippen molar-refractivity contribution in [3.63, 3.8) is 0 Å². The zero-order valence-corrected chi connectivity index (χ0v) is 12.6. The fourth-order valence-corrected chi connectivity index (χ4v) is 2.72. The molecule has 6 nitrogen and oxygen atoms in total. The van der Waals surface area contributed by atoms with Gasteiger partial charge in [-0.25, -0.2) is 19.9 Å². The highest BCUT2D eigenvalue weighted by Crippen LogP contribution is 2.21. The molecular weight excluding hydrogens is 300 g/mol. The van der Waals surface area contributed by atoms with E-state index < -0.39 is 0 Å². The Morgan fingerprint density at radius 2 is 1.04 bits per heavy atom. The number of hydrogen-bond donors (Lipinski definition) is 2. The van der Waals surface area contributed by atoms with E-state index in [2.05, 4.69) is 29.9 Å². The minimum absolute atomic E-state index is 0.700. The number of hydrogen-bond acceptors (Lipinski definition) is 4. The molecule has 0 radical (unpaired) electrons. The maximum absolute atomic E-state index is 4.54. The number of para-hydroxylation sites is 4. The molecule has 6 heteroatoms. The second-order valence-electron chi connectivity index (χ2n) is 5.49. The fourth-order valence-electron chi connectivity index (χ4n) is 2.72. The van der Waals surface area contributed by atoms with Crippen molar-refractivity contribution in [3.8, 4) is 23.0 Å². The van der Waals surface area contributed by atoms with Crippen LogP contribution in [-0.4, -0.2) is 29.9 Å². The molecule has 0 bridgehead atoms. The molecule has 2 N–H and O–H groups in total. The maximum Gasteiger partial charge on any atom is 0.158 e. The summed E-state index contributed by atoms with van der Waals surface area (Å²) in [5.41, 5.74) is 5.19. The molecule has 3 heterocycles. The van der Waals surface area contributed by atoms with Crippen LogP contribution in [0.15, 0.2) is 60.9 Å². The molecule has 5 rings (SSSR count). The van der Waals surface area contributed by atoms with Crippen LogP contribution < -0.4 is 0 Å². The van der Waals surface area contributed by atoms with Crippen LogP contribution in [0.3, 0.4) is 0 Å². The van der Waals surface area contributed by atoms with Crippen molar-refractivity contribution in [1.82, 2.24) is 29.9 Å². The molecule has 24 heavy (non-hydrogen) atoms. The molecule has 0 saturated heterocycles. The van der Waals surface area contributed by atoms with E-state index in [0.29, 0.717) is 23.0 Å². The van der Waals surface area contributed by atoms with Crippen LogP contribution in [0.4, 0.5) is 0 Å². The average molecular weight is 312 g/mol. The van der Waals surface area contributed by atoms with Crippen molar-refractivity contribution < 1.29 is 0 Å². The molecular formula is C18H12N6. The van der Waals surface area contributed by atoms with Crippen molar-refractivity contribution in [2.75, 3.05) is 0 Å². The van der Waals surface area contributed by atoms with Gasteiger partial charge in [0.2, 0.25) is 0 Å². The summed E-state index contributed by atoms with van der Waals surface area (Å²) in [5.74, 6) is 1.42. The third-order valence-corrected chi connectivity index (χ3v) is 3.92. The first-order chi connectivity index (χ1) is 11.9. The molecule has 0 unspecified atom stereocenters. The molecule has 0 aliphatic carbocycles. The third-order valence-electron chi connectivity index (χ3n) is 3.92. The number of imidazole rings is 2. The summed E-state index contributed by atoms with van der Waals surface area (Å²) in [5, 5.41) is 0. The Balaban J connectivity index is 1.54. The van der Waals surface area contributed by atoms with E-state index in [0.717, 1.165) is 22.1 Å². The number of aromatic amines is 2. The zero-order valence-electron chi connectivity index (χ0n) is 12.6. The SMILES string of the molecule is c1ccc2[nH]c(-c3cnc(-c4nc5ccccc5[nH]4)cn3)nc2c1. The van der Waals surface area contributed by atoms with Crippen LogP contribution in [0.25, 0.3) is 45.1 Å². The largest absolute Gasteiger partial charge is 0.337 e. The van der Waals surface area contributed by atoms with Gasteiger partial charge < -0.3 is 9.97 Å². The summed E-state index contributed by atoms with van der Waals surface area (Å²) in [6, 6.07) is 15.8. The van der Waals surface area contributed by atoms with Crippen LogP contribution in [0.5, 0.6) is 0 Å². The van der Waals surface area contributed by atoms with Crippen LogP contribution >= 0.6 is 0 Å². The smallest absolute Gasteiger partial charge is 0.158 e. The summed E-state index contributed by atoms with van der Waals surface area (Å²) in [6.45, 7) is 0. The first-order valence-electron chi connectivity index (χ1n) is 7.59. The van der Waals surface area contributed by atoms with Crippen molar-refractivity contribution >= 4 is 22.1 Å². The lowest BCUT2D eigenvalue weighted by Crippen LogP contribution is -1.91. The molecule has 0 aliphatic rings. The Hall–Kier alpha value is -3.54. The van der Waals surface area contributed by atoms with Crippen molar-refractivity contribution in [2.45, 2.75) is 0 Å². The van der Waals surface area contributed by atoms with Gasteiger partial charge in [0, 0.05) is 0 Å². The van der Waals surface area contributed by atoms with Gasteiger partial charge in [0.15, 0.2) is 11.6 Å². The van der Waals surface area contributed by atoms with E-state index >= 15 is 0 Å². The second kappa shape index (κ2) is 4.99. The lowest BCUT2D eigenvalue weighted by molar-refractivity contribution is 1.14. The monoisotopic (exact) mass is 312 g/mol. The van der Waals surface area contributed by atoms with E-state index in [4.69, 9.17) is 0 Å². The fraction of sp³-hybridized carbons (Fsp3) is 0. The highest BCUT2D eigenvalue weighted by Gasteiger charge is 2.10. The Kier molecular flexibility index (Phi) is 2.69. The molecule has 0 amide bonds. The van der Waals surface area contributed by atoms with E-state index in [-0.39, 0.29) is 0 Å². The van der Waals surface area contributed by atoms with Crippen LogP contribution in [-0.2, 0) is 0 Å². The highest BCUT2D eigenvalue weighted by molar-refractivity contribution is 5.79. The van der Waals surface area contributed by atoms with E-state index in [1.165, 1.54) is 0 Å². The van der Waals surface area contributed by atoms with Crippen LogP contribution in [0.1, 0.15) is 0 Å². The summed E-state index contributed by atoms with van der Waals surface area (Å²) < 4.78 is 0. The molecule has 3 aromatic heterocycles. The summed E-state index contributed by atoms with van der Waals surface area (Å²) in [4.78, 5) is 24.5. The second-order valence-corrected chi connectivity index (χ2v) is 5.49. The molecule has 5 aromatic rings. The Labute approximate surface area is 136 Å². The Morgan fingerprint density at radius 3 is 1.46 bits per heavy atom. The van der Waals surface area contributed by atoms with Gasteiger partial charge in [0.25, 0.3) is 0 Å². The van der Waals surface area contributed by atoms with Crippen LogP contribution in [0, 0.1) is 0 Å². The number of nitrogens with one attached hydrogen (secondary N) is 2. The van der Waals surface area contributed by atoms with Gasteiger partial charge in [-0.05, 0) is 24.3 Å². The first kappa shape index (κ1) is 13.0. The summed E-state index contributed by atoms with van der Waals surface area (Å²) in [6.07, 6.45) is 3.42. The van der Waals surface area contributed by atoms with Crippen LogP contribution in [0.2, 0.25) is 0 Å². The van der Waals surface area contributed by atoms with Crippen molar-refractivity contribution in [1.29, 1.82) is 0 Å². The highest BCUT2D eigenvalue weighted by atomic mass is 15.0. The molecule has 0 saturated carbocycles. The predicted octanol–water partition coefficient (Wildman–Crippen LogP) is 3.56. The first-order valence-corrected chi connectivity index (χ1v) is 7.59. The molecule has 0 aliphatic heterocycles. The number of fused-ring (bicyclic) bond motifs is 2. The van der Waals surface area contributed by atoms with Gasteiger partial charge in [-0.15, -0.1) is 0 Å². The van der Waals surface area contributed by atoms with E-state index in [9.17, 15) is 0 Å². The van der Waals surface area contributed by atoms with Crippen molar-refractivity contribution in [2.24, 2.45) is 0 Å². The summed E-state index contributed by atoms with van der Waals surface area (Å²) in [7, 11) is 0. The van der Waals surface area contributed by atoms with Gasteiger partial charge in [0.05, 0.1) is 34.5 Å². The zero-order chi connectivity index (χ0) is 15.9. The Morgan fingerprint density at radius 1 is 0.583 bits per heavy atom. The van der Waals surface area contributed by atoms with Gasteiger partial charge in [-0.1, -0.05) is 24.3 Å². The number of H-pyrrole nitrogens is 2. The average Bonchev–Trinajstić information content (AvgIpc) is 3.25. The quantitative estimate of drug-likeness (QED) is 0.522. The summed E-state index contributed by atoms with van der Waals surface area (Å²) >= 11 is 0. The molecule has 0 atom stereocenters. The number of nitrogens with zero attached hydrogens (tertiary/aromatic N) is 4. The molecule has 2 aromatic carbocycles. The number of benzene rings is 2. The number of rotatable bonds is 2. The van der Waals surface area contributed by atoms with Gasteiger partial charge >= 0.3 is 0 Å². The maximum atomic E-state index is 4.54. The van der Waals surface area contributed by atoms with E-state index in [1.807, 2.05) is 48.5 Å². The number of aromatic nitrogens is 6. The topological polar surface area (TPSA) is 83.1 Å². The standard InChI is InChI=1S/C18H12N6/c1-2-6-12-11(5-1)21-17(22-12)15-9-20-16(10-19-15)18-23-13-7-3-4-8-14(13)24-18/h1-10H,(H,21,22)(H,23,24). The van der Waals surface area contributed by atoms with Gasteiger partial charge in [0.1, 0.15) is 11.4 Å². The molecule has 0 spiro atoms.